The van der Waals surface area contributed by atoms with Crippen molar-refractivity contribution in [3.05, 3.63) is 58.6 Å². The fourth-order valence-corrected chi connectivity index (χ4v) is 4.12. The van der Waals surface area contributed by atoms with Gasteiger partial charge in [-0.1, -0.05) is 52.0 Å². The summed E-state index contributed by atoms with van der Waals surface area (Å²) in [5, 5.41) is 13.2. The predicted molar refractivity (Wildman–Crippen MR) is 131 cm³/mol. The lowest BCUT2D eigenvalue weighted by Crippen LogP contribution is -2.21. The van der Waals surface area contributed by atoms with Crippen LogP contribution in [0.4, 0.5) is 5.69 Å². The van der Waals surface area contributed by atoms with E-state index < -0.39 is 0 Å². The predicted octanol–water partition coefficient (Wildman–Crippen LogP) is 4.33. The molecule has 0 radical (unpaired) electrons. The van der Waals surface area contributed by atoms with E-state index in [-0.39, 0.29) is 11.7 Å². The third-order valence-electron chi connectivity index (χ3n) is 4.67. The Hall–Kier alpha value is -2.65. The van der Waals surface area contributed by atoms with E-state index in [1.807, 2.05) is 48.0 Å². The molecular formula is C22H25BrN6OS. The number of carbonyl (C=O) groups is 1. The van der Waals surface area contributed by atoms with Crippen LogP contribution in [0.15, 0.2) is 63.3 Å². The Kier molecular flexibility index (Phi) is 8.25. The molecule has 0 aliphatic rings. The summed E-state index contributed by atoms with van der Waals surface area (Å²) >= 11 is 4.78. The van der Waals surface area contributed by atoms with Crippen molar-refractivity contribution in [3.63, 3.8) is 0 Å². The monoisotopic (exact) mass is 500 g/mol. The van der Waals surface area contributed by atoms with Crippen molar-refractivity contribution in [2.75, 3.05) is 23.7 Å². The van der Waals surface area contributed by atoms with E-state index in [0.29, 0.717) is 5.16 Å². The first-order valence-electron chi connectivity index (χ1n) is 9.96. The molecule has 2 aromatic carbocycles. The number of amides is 1. The van der Waals surface area contributed by atoms with Crippen LogP contribution in [-0.2, 0) is 11.8 Å². The van der Waals surface area contributed by atoms with Gasteiger partial charge in [-0.15, -0.1) is 10.2 Å². The number of aromatic nitrogens is 3. The third kappa shape index (κ3) is 6.18. The third-order valence-corrected chi connectivity index (χ3v) is 6.19. The second kappa shape index (κ2) is 11.1. The molecule has 1 heterocycles. The minimum absolute atomic E-state index is 0.197. The molecule has 3 aromatic rings. The molecule has 1 amide bonds. The topological polar surface area (TPSA) is 75.4 Å². The van der Waals surface area contributed by atoms with Crippen molar-refractivity contribution < 1.29 is 4.79 Å². The summed E-state index contributed by atoms with van der Waals surface area (Å²) in [4.78, 5) is 14.4. The van der Waals surface area contributed by atoms with Crippen LogP contribution in [0.2, 0.25) is 0 Å². The molecule has 162 valence electrons. The molecule has 0 saturated heterocycles. The van der Waals surface area contributed by atoms with Crippen LogP contribution >= 0.6 is 27.7 Å². The molecular weight excluding hydrogens is 476 g/mol. The number of rotatable bonds is 9. The van der Waals surface area contributed by atoms with Crippen molar-refractivity contribution >= 4 is 45.5 Å². The average Bonchev–Trinajstić information content (AvgIpc) is 3.14. The molecule has 3 rings (SSSR count). The maximum atomic E-state index is 12.1. The normalized spacial score (nSPS) is 11.1. The Balaban J connectivity index is 1.52. The summed E-state index contributed by atoms with van der Waals surface area (Å²) in [5.41, 5.74) is 5.62. The Morgan fingerprint density at radius 1 is 1.19 bits per heavy atom. The second-order valence-electron chi connectivity index (χ2n) is 6.72. The molecule has 0 aliphatic carbocycles. The van der Waals surface area contributed by atoms with Gasteiger partial charge < -0.3 is 9.47 Å². The lowest BCUT2D eigenvalue weighted by molar-refractivity contribution is -0.118. The van der Waals surface area contributed by atoms with E-state index in [2.05, 4.69) is 67.5 Å². The highest BCUT2D eigenvalue weighted by Crippen LogP contribution is 2.24. The van der Waals surface area contributed by atoms with Crippen molar-refractivity contribution in [2.24, 2.45) is 12.1 Å². The summed E-state index contributed by atoms with van der Waals surface area (Å²) in [6, 6.07) is 15.9. The lowest BCUT2D eigenvalue weighted by atomic mass is 10.2. The van der Waals surface area contributed by atoms with Crippen LogP contribution in [0.5, 0.6) is 0 Å². The van der Waals surface area contributed by atoms with E-state index in [4.69, 9.17) is 0 Å². The highest BCUT2D eigenvalue weighted by Gasteiger charge is 2.13. The van der Waals surface area contributed by atoms with Crippen LogP contribution in [0.1, 0.15) is 19.4 Å². The molecule has 0 saturated carbocycles. The van der Waals surface area contributed by atoms with Crippen molar-refractivity contribution in [1.82, 2.24) is 20.2 Å². The van der Waals surface area contributed by atoms with Crippen molar-refractivity contribution in [1.29, 1.82) is 0 Å². The molecule has 9 heteroatoms. The number of benzene rings is 2. The van der Waals surface area contributed by atoms with Gasteiger partial charge in [-0.2, -0.15) is 5.10 Å². The number of anilines is 1. The molecule has 0 fully saturated rings. The van der Waals surface area contributed by atoms with Crippen LogP contribution in [-0.4, -0.2) is 45.7 Å². The fraction of sp³-hybridized carbons (Fsp3) is 0.273. The quantitative estimate of drug-likeness (QED) is 0.268. The van der Waals surface area contributed by atoms with Crippen molar-refractivity contribution in [2.45, 2.75) is 19.0 Å². The Morgan fingerprint density at radius 2 is 1.94 bits per heavy atom. The number of carbonyl (C=O) groups excluding carboxylic acids is 1. The van der Waals surface area contributed by atoms with Gasteiger partial charge in [-0.3, -0.25) is 4.79 Å². The minimum atomic E-state index is -0.201. The van der Waals surface area contributed by atoms with Gasteiger partial charge in [0.15, 0.2) is 11.0 Å². The van der Waals surface area contributed by atoms with Gasteiger partial charge in [-0.05, 0) is 43.7 Å². The number of hydrogen-bond donors (Lipinski definition) is 1. The molecule has 1 aromatic heterocycles. The molecule has 0 unspecified atom stereocenters. The molecule has 0 spiro atoms. The summed E-state index contributed by atoms with van der Waals surface area (Å²) < 4.78 is 2.85. The van der Waals surface area contributed by atoms with E-state index in [0.717, 1.165) is 34.5 Å². The van der Waals surface area contributed by atoms with Crippen molar-refractivity contribution in [3.8, 4) is 11.4 Å². The van der Waals surface area contributed by atoms with Gasteiger partial charge in [0.05, 0.1) is 12.0 Å². The number of nitrogens with zero attached hydrogens (tertiary/aromatic N) is 5. The first-order valence-corrected chi connectivity index (χ1v) is 11.7. The van der Waals surface area contributed by atoms with Gasteiger partial charge in [0.25, 0.3) is 5.91 Å². The summed E-state index contributed by atoms with van der Waals surface area (Å²) in [5.74, 6) is 0.742. The number of thioether (sulfide) groups is 1. The minimum Gasteiger partial charge on any atom is -0.372 e. The Bertz CT molecular complexity index is 1050. The first-order chi connectivity index (χ1) is 15.0. The van der Waals surface area contributed by atoms with Crippen LogP contribution < -0.4 is 10.3 Å². The summed E-state index contributed by atoms with van der Waals surface area (Å²) in [7, 11) is 1.89. The van der Waals surface area contributed by atoms with E-state index in [1.54, 1.807) is 6.21 Å². The van der Waals surface area contributed by atoms with E-state index in [9.17, 15) is 4.79 Å². The molecule has 31 heavy (non-hydrogen) atoms. The van der Waals surface area contributed by atoms with Gasteiger partial charge >= 0.3 is 0 Å². The highest BCUT2D eigenvalue weighted by molar-refractivity contribution is 9.10. The molecule has 0 aliphatic heterocycles. The van der Waals surface area contributed by atoms with Gasteiger partial charge in [0.2, 0.25) is 0 Å². The fourth-order valence-electron chi connectivity index (χ4n) is 3.02. The van der Waals surface area contributed by atoms with Gasteiger partial charge in [0, 0.05) is 35.9 Å². The molecule has 1 N–H and O–H groups in total. The number of hydrogen-bond acceptors (Lipinski definition) is 6. The smallest absolute Gasteiger partial charge is 0.250 e. The zero-order chi connectivity index (χ0) is 22.2. The largest absolute Gasteiger partial charge is 0.372 e. The van der Waals surface area contributed by atoms with Gasteiger partial charge in [0.1, 0.15) is 0 Å². The second-order valence-corrected chi connectivity index (χ2v) is 8.58. The zero-order valence-electron chi connectivity index (χ0n) is 17.7. The Morgan fingerprint density at radius 3 is 2.61 bits per heavy atom. The van der Waals surface area contributed by atoms with Gasteiger partial charge in [-0.25, -0.2) is 5.43 Å². The number of halogens is 1. The molecule has 0 atom stereocenters. The Labute approximate surface area is 195 Å². The first kappa shape index (κ1) is 23.0. The maximum absolute atomic E-state index is 12.1. The summed E-state index contributed by atoms with van der Waals surface area (Å²) in [6.07, 6.45) is 1.64. The number of hydrazone groups is 1. The van der Waals surface area contributed by atoms with Crippen LogP contribution in [0.3, 0.4) is 0 Å². The highest BCUT2D eigenvalue weighted by atomic mass is 79.9. The van der Waals surface area contributed by atoms with Crippen LogP contribution in [0, 0.1) is 0 Å². The zero-order valence-corrected chi connectivity index (χ0v) is 20.2. The van der Waals surface area contributed by atoms with Crippen LogP contribution in [0.25, 0.3) is 11.4 Å². The number of nitrogens with one attached hydrogen (secondary N) is 1. The van der Waals surface area contributed by atoms with E-state index in [1.165, 1.54) is 17.4 Å². The molecule has 0 bridgehead atoms. The van der Waals surface area contributed by atoms with E-state index >= 15 is 0 Å². The molecule has 7 nitrogen and oxygen atoms in total. The SMILES string of the molecule is CCN(CC)c1ccc(/C=N\NC(=O)CSc2nnc(-c3cccc(Br)c3)n2C)cc1. The lowest BCUT2D eigenvalue weighted by Gasteiger charge is -2.20. The maximum Gasteiger partial charge on any atom is 0.250 e. The summed E-state index contributed by atoms with van der Waals surface area (Å²) in [6.45, 7) is 6.20. The average molecular weight is 501 g/mol. The standard InChI is InChI=1S/C22H25BrN6OS/c1-4-29(5-2)19-11-9-16(10-12-19)14-24-25-20(30)15-31-22-27-26-21(28(22)3)17-7-6-8-18(23)13-17/h6-14H,4-5,15H2,1-3H3,(H,25,30)/b24-14-.